The van der Waals surface area contributed by atoms with Gasteiger partial charge in [-0.15, -0.1) is 0 Å². The van der Waals surface area contributed by atoms with Gasteiger partial charge >= 0.3 is 0 Å². The van der Waals surface area contributed by atoms with Crippen molar-refractivity contribution in [1.29, 1.82) is 0 Å². The van der Waals surface area contributed by atoms with Crippen molar-refractivity contribution < 1.29 is 38.9 Å². The lowest BCUT2D eigenvalue weighted by Crippen LogP contribution is -2.50. The van der Waals surface area contributed by atoms with Crippen molar-refractivity contribution in [3.05, 3.63) is 72.4 Å². The molecule has 1 heterocycles. The van der Waals surface area contributed by atoms with E-state index in [-0.39, 0.29) is 90.2 Å². The van der Waals surface area contributed by atoms with Crippen molar-refractivity contribution in [2.24, 2.45) is 17.8 Å². The van der Waals surface area contributed by atoms with Crippen LogP contribution in [0.25, 0.3) is 10.9 Å². The zero-order valence-corrected chi connectivity index (χ0v) is 26.9. The van der Waals surface area contributed by atoms with Gasteiger partial charge in [-0.1, -0.05) is 36.4 Å². The van der Waals surface area contributed by atoms with E-state index in [1.54, 1.807) is 12.3 Å². The lowest BCUT2D eigenvalue weighted by molar-refractivity contribution is -0.136. The summed E-state index contributed by atoms with van der Waals surface area (Å²) in [5, 5.41) is 30.1. The van der Waals surface area contributed by atoms with E-state index in [9.17, 15) is 19.2 Å². The molecular weight excluding hydrogens is 618 g/mol. The van der Waals surface area contributed by atoms with Crippen molar-refractivity contribution >= 4 is 40.2 Å². The first-order valence-corrected chi connectivity index (χ1v) is 16.3. The molecule has 4 amide bonds. The summed E-state index contributed by atoms with van der Waals surface area (Å²) in [6.45, 7) is 0.917. The highest BCUT2D eigenvalue weighted by Crippen LogP contribution is 2.34. The minimum Gasteiger partial charge on any atom is -0.394 e. The van der Waals surface area contributed by atoms with Crippen molar-refractivity contribution in [3.8, 4) is 0 Å². The minimum atomic E-state index is -0.932. The fourth-order valence-corrected chi connectivity index (χ4v) is 5.81. The molecule has 3 aromatic rings. The highest BCUT2D eigenvalue weighted by atomic mass is 16.5. The molecule has 1 aromatic heterocycles. The molecule has 258 valence electrons. The van der Waals surface area contributed by atoms with Crippen LogP contribution >= 0.6 is 0 Å². The summed E-state index contributed by atoms with van der Waals surface area (Å²) in [5.41, 5.74) is 2.20. The van der Waals surface area contributed by atoms with Crippen LogP contribution in [0.3, 0.4) is 0 Å². The van der Waals surface area contributed by atoms with E-state index in [1.165, 1.54) is 0 Å². The first-order valence-electron chi connectivity index (χ1n) is 16.3. The maximum Gasteiger partial charge on any atom is 0.247 e. The number of hydrogen-bond acceptors (Lipinski definition) is 9. The molecule has 13 nitrogen and oxygen atoms in total. The quantitative estimate of drug-likeness (QED) is 0.109. The minimum absolute atomic E-state index is 0.127. The SMILES string of the molecule is O=C(NCCOCCO)[C@@H]1C[C@H](C(=O)NCCOCCO)C[C@H](C(=O)N[C@@H](Cc2ccccc2)C(=O)Nc2ccc3ncccc3c2)C1. The van der Waals surface area contributed by atoms with Crippen LogP contribution in [-0.2, 0) is 35.1 Å². The standard InChI is InChI=1S/C35H45N5O8/c41-13-17-47-15-11-37-32(43)26-20-27(33(44)38-12-16-48-18-14-42)22-28(21-26)34(45)40-31(19-24-5-2-1-3-6-24)35(46)39-29-8-9-30-25(23-29)7-4-10-36-30/h1-10,23,26-28,31,41-42H,11-22H2,(H,37,43)(H,38,44)(H,39,46)(H,40,45)/t26-,27+,28-,31-/m0/s1. The fraction of sp³-hybridized carbons (Fsp3) is 0.457. The zero-order chi connectivity index (χ0) is 34.1. The summed E-state index contributed by atoms with van der Waals surface area (Å²) >= 11 is 0. The van der Waals surface area contributed by atoms with Crippen molar-refractivity contribution in [2.45, 2.75) is 31.7 Å². The molecular formula is C35H45N5O8. The number of rotatable bonds is 18. The Morgan fingerprint density at radius 3 is 1.96 bits per heavy atom. The highest BCUT2D eigenvalue weighted by molar-refractivity contribution is 5.99. The van der Waals surface area contributed by atoms with Crippen molar-refractivity contribution in [2.75, 3.05) is 58.0 Å². The molecule has 1 saturated carbocycles. The van der Waals surface area contributed by atoms with Crippen molar-refractivity contribution in [1.82, 2.24) is 20.9 Å². The largest absolute Gasteiger partial charge is 0.394 e. The third-order valence-electron chi connectivity index (χ3n) is 8.17. The third-order valence-corrected chi connectivity index (χ3v) is 8.17. The van der Waals surface area contributed by atoms with Crippen LogP contribution < -0.4 is 21.3 Å². The van der Waals surface area contributed by atoms with E-state index in [1.807, 2.05) is 54.6 Å². The Hall–Kier alpha value is -4.43. The van der Waals surface area contributed by atoms with Crippen LogP contribution in [0.5, 0.6) is 0 Å². The lowest BCUT2D eigenvalue weighted by atomic mass is 9.74. The molecule has 48 heavy (non-hydrogen) atoms. The highest BCUT2D eigenvalue weighted by Gasteiger charge is 2.40. The number of amides is 4. The van der Waals surface area contributed by atoms with Gasteiger partial charge in [-0.2, -0.15) is 0 Å². The first kappa shape index (κ1) is 36.4. The molecule has 6 N–H and O–H groups in total. The Kier molecular flexibility index (Phi) is 14.7. The number of benzene rings is 2. The van der Waals surface area contributed by atoms with Crippen LogP contribution in [0, 0.1) is 17.8 Å². The maximum atomic E-state index is 13.9. The number of hydrogen-bond donors (Lipinski definition) is 6. The first-order chi connectivity index (χ1) is 23.4. The average Bonchev–Trinajstić information content (AvgIpc) is 3.11. The second kappa shape index (κ2) is 19.4. The molecule has 0 radical (unpaired) electrons. The van der Waals surface area contributed by atoms with Gasteiger partial charge < -0.3 is 41.0 Å². The van der Waals surface area contributed by atoms with Gasteiger partial charge in [0.25, 0.3) is 0 Å². The van der Waals surface area contributed by atoms with Gasteiger partial charge in [-0.05, 0) is 49.1 Å². The Balaban J connectivity index is 1.47. The van der Waals surface area contributed by atoms with E-state index in [2.05, 4.69) is 26.3 Å². The molecule has 0 spiro atoms. The number of ether oxygens (including phenoxy) is 2. The number of aliphatic hydroxyl groups excluding tert-OH is 2. The number of carbonyl (C=O) groups is 4. The number of carbonyl (C=O) groups excluding carboxylic acids is 4. The average molecular weight is 664 g/mol. The molecule has 1 aliphatic rings. The second-order valence-electron chi connectivity index (χ2n) is 11.7. The predicted molar refractivity (Wildman–Crippen MR) is 179 cm³/mol. The van der Waals surface area contributed by atoms with E-state index >= 15 is 0 Å². The van der Waals surface area contributed by atoms with Crippen LogP contribution in [0.2, 0.25) is 0 Å². The van der Waals surface area contributed by atoms with E-state index in [0.29, 0.717) is 5.69 Å². The van der Waals surface area contributed by atoms with Crippen LogP contribution in [0.4, 0.5) is 5.69 Å². The van der Waals surface area contributed by atoms with Crippen molar-refractivity contribution in [3.63, 3.8) is 0 Å². The summed E-state index contributed by atoms with van der Waals surface area (Å²) < 4.78 is 10.5. The number of fused-ring (bicyclic) bond motifs is 1. The van der Waals surface area contributed by atoms with Gasteiger partial charge in [0, 0.05) is 54.5 Å². The molecule has 2 aromatic carbocycles. The lowest BCUT2D eigenvalue weighted by Gasteiger charge is -2.33. The fourth-order valence-electron chi connectivity index (χ4n) is 5.81. The normalized spacial score (nSPS) is 18.1. The van der Waals surface area contributed by atoms with Gasteiger partial charge in [-0.25, -0.2) is 0 Å². The number of pyridine rings is 1. The molecule has 4 atom stereocenters. The molecule has 13 heteroatoms. The van der Waals surface area contributed by atoms with E-state index in [4.69, 9.17) is 19.7 Å². The predicted octanol–water partition coefficient (Wildman–Crippen LogP) is 1.18. The summed E-state index contributed by atoms with van der Waals surface area (Å²) in [4.78, 5) is 58.2. The molecule has 1 aliphatic carbocycles. The molecule has 0 bridgehead atoms. The van der Waals surface area contributed by atoms with Crippen LogP contribution in [0.1, 0.15) is 24.8 Å². The molecule has 0 saturated heterocycles. The number of nitrogens with one attached hydrogen (secondary N) is 4. The van der Waals surface area contributed by atoms with Gasteiger partial charge in [0.05, 0.1) is 45.2 Å². The second-order valence-corrected chi connectivity index (χ2v) is 11.7. The van der Waals surface area contributed by atoms with E-state index < -0.39 is 35.6 Å². The van der Waals surface area contributed by atoms with Gasteiger partial charge in [0.2, 0.25) is 23.6 Å². The number of anilines is 1. The van der Waals surface area contributed by atoms with E-state index in [0.717, 1.165) is 16.5 Å². The Labute approximate surface area is 279 Å². The zero-order valence-electron chi connectivity index (χ0n) is 26.9. The number of nitrogens with zero attached hydrogens (tertiary/aromatic N) is 1. The Bertz CT molecular complexity index is 1460. The Morgan fingerprint density at radius 1 is 0.750 bits per heavy atom. The maximum absolute atomic E-state index is 13.9. The summed E-state index contributed by atoms with van der Waals surface area (Å²) in [6.07, 6.45) is 2.59. The monoisotopic (exact) mass is 663 g/mol. The van der Waals surface area contributed by atoms with Gasteiger partial charge in [0.15, 0.2) is 0 Å². The molecule has 0 aliphatic heterocycles. The summed E-state index contributed by atoms with van der Waals surface area (Å²) in [5.74, 6) is -3.37. The third kappa shape index (κ3) is 11.4. The molecule has 1 fully saturated rings. The van der Waals surface area contributed by atoms with Gasteiger partial charge in [0.1, 0.15) is 6.04 Å². The van der Waals surface area contributed by atoms with Crippen LogP contribution in [-0.4, -0.2) is 97.6 Å². The number of aliphatic hydroxyl groups is 2. The summed E-state index contributed by atoms with van der Waals surface area (Å²) in [7, 11) is 0. The van der Waals surface area contributed by atoms with Gasteiger partial charge in [-0.3, -0.25) is 24.2 Å². The smallest absolute Gasteiger partial charge is 0.247 e. The topological polar surface area (TPSA) is 188 Å². The molecule has 0 unspecified atom stereocenters. The number of aromatic nitrogens is 1. The summed E-state index contributed by atoms with van der Waals surface area (Å²) in [6, 6.07) is 17.5. The molecule has 4 rings (SSSR count). The van der Waals surface area contributed by atoms with Crippen LogP contribution in [0.15, 0.2) is 66.9 Å². The Morgan fingerprint density at radius 2 is 1.35 bits per heavy atom.